The number of nitrogens with one attached hydrogen (secondary N) is 2. The van der Waals surface area contributed by atoms with Crippen molar-refractivity contribution in [1.82, 2.24) is 15.2 Å². The molecule has 1 aliphatic carbocycles. The number of carbonyl (C=O) groups excluding carboxylic acids is 1. The van der Waals surface area contributed by atoms with Gasteiger partial charge in [0.15, 0.2) is 11.6 Å². The summed E-state index contributed by atoms with van der Waals surface area (Å²) in [6, 6.07) is 1.94. The molecule has 1 saturated carbocycles. The van der Waals surface area contributed by atoms with Gasteiger partial charge in [0.25, 0.3) is 5.91 Å². The molecule has 0 spiro atoms. The summed E-state index contributed by atoms with van der Waals surface area (Å²) in [6.45, 7) is 1.24. The zero-order chi connectivity index (χ0) is 15.2. The molecule has 1 aromatic rings. The number of amides is 1. The van der Waals surface area contributed by atoms with Crippen LogP contribution in [0.1, 0.15) is 36.0 Å². The van der Waals surface area contributed by atoms with Crippen LogP contribution in [-0.2, 0) is 0 Å². The first-order chi connectivity index (χ1) is 10.1. The molecule has 0 unspecified atom stereocenters. The van der Waals surface area contributed by atoms with Gasteiger partial charge in [-0.2, -0.15) is 0 Å². The number of nitrogen functional groups attached to an aromatic ring is 1. The third-order valence-electron chi connectivity index (χ3n) is 3.97. The summed E-state index contributed by atoms with van der Waals surface area (Å²) in [5.41, 5.74) is 2.07. The Morgan fingerprint density at radius 3 is 2.90 bits per heavy atom. The zero-order valence-electron chi connectivity index (χ0n) is 12.2. The van der Waals surface area contributed by atoms with Gasteiger partial charge >= 0.3 is 0 Å². The predicted octanol–water partition coefficient (Wildman–Crippen LogP) is 1.11. The van der Waals surface area contributed by atoms with Gasteiger partial charge in [-0.05, 0) is 26.0 Å². The maximum atomic E-state index is 13.9. The van der Waals surface area contributed by atoms with Crippen molar-refractivity contribution in [3.63, 3.8) is 0 Å². The highest BCUT2D eigenvalue weighted by Gasteiger charge is 2.20. The number of hydrogen-bond donors (Lipinski definition) is 3. The molecule has 21 heavy (non-hydrogen) atoms. The summed E-state index contributed by atoms with van der Waals surface area (Å²) >= 11 is 0. The largest absolute Gasteiger partial charge is 0.351 e. The molecule has 116 valence electrons. The number of halogens is 1. The number of nitrogens with zero attached hydrogens (tertiary/aromatic N) is 2. The molecule has 0 atom stereocenters. The molecule has 1 heterocycles. The molecule has 0 bridgehead atoms. The fraction of sp³-hybridized carbons (Fsp3) is 0.571. The van der Waals surface area contributed by atoms with E-state index in [0.717, 1.165) is 6.54 Å². The van der Waals surface area contributed by atoms with Crippen molar-refractivity contribution in [3.8, 4) is 0 Å². The fourth-order valence-electron chi connectivity index (χ4n) is 2.69. The molecular weight excluding hydrogens is 273 g/mol. The van der Waals surface area contributed by atoms with Gasteiger partial charge in [-0.3, -0.25) is 4.79 Å². The van der Waals surface area contributed by atoms with E-state index in [1.807, 2.05) is 0 Å². The SMILES string of the molecule is CN(CCNC(=O)c1ccnc(NN)c1F)C1CCCC1. The maximum absolute atomic E-state index is 13.9. The minimum absolute atomic E-state index is 0.0542. The fourth-order valence-corrected chi connectivity index (χ4v) is 2.69. The van der Waals surface area contributed by atoms with Crippen LogP contribution in [0.25, 0.3) is 0 Å². The second-order valence-electron chi connectivity index (χ2n) is 5.34. The lowest BCUT2D eigenvalue weighted by Gasteiger charge is -2.23. The number of likely N-dealkylation sites (N-methyl/N-ethyl adjacent to an activating group) is 1. The minimum Gasteiger partial charge on any atom is -0.351 e. The minimum atomic E-state index is -0.735. The third kappa shape index (κ3) is 3.89. The second kappa shape index (κ2) is 7.33. The molecule has 7 heteroatoms. The van der Waals surface area contributed by atoms with Crippen LogP contribution >= 0.6 is 0 Å². The summed E-state index contributed by atoms with van der Waals surface area (Å²) in [5.74, 6) is 3.82. The van der Waals surface area contributed by atoms with Crippen molar-refractivity contribution in [2.75, 3.05) is 25.6 Å². The first-order valence-electron chi connectivity index (χ1n) is 7.23. The van der Waals surface area contributed by atoms with E-state index in [1.165, 1.54) is 37.9 Å². The molecule has 1 fully saturated rings. The summed E-state index contributed by atoms with van der Waals surface area (Å²) in [5, 5.41) is 2.73. The lowest BCUT2D eigenvalue weighted by Crippen LogP contribution is -2.37. The zero-order valence-corrected chi connectivity index (χ0v) is 12.2. The van der Waals surface area contributed by atoms with Gasteiger partial charge in [0.1, 0.15) is 0 Å². The third-order valence-corrected chi connectivity index (χ3v) is 3.97. The molecule has 2 rings (SSSR count). The Kier molecular flexibility index (Phi) is 5.46. The number of anilines is 1. The number of aromatic nitrogens is 1. The Hall–Kier alpha value is -1.73. The Balaban J connectivity index is 1.84. The van der Waals surface area contributed by atoms with Gasteiger partial charge < -0.3 is 15.6 Å². The van der Waals surface area contributed by atoms with Crippen molar-refractivity contribution in [3.05, 3.63) is 23.6 Å². The molecule has 1 aromatic heterocycles. The smallest absolute Gasteiger partial charge is 0.254 e. The number of hydrogen-bond acceptors (Lipinski definition) is 5. The van der Waals surface area contributed by atoms with Crippen molar-refractivity contribution in [2.24, 2.45) is 5.84 Å². The lowest BCUT2D eigenvalue weighted by molar-refractivity contribution is 0.0943. The molecule has 6 nitrogen and oxygen atoms in total. The highest BCUT2D eigenvalue weighted by molar-refractivity contribution is 5.95. The first kappa shape index (κ1) is 15.7. The monoisotopic (exact) mass is 295 g/mol. The van der Waals surface area contributed by atoms with Gasteiger partial charge in [-0.25, -0.2) is 15.2 Å². The molecule has 0 radical (unpaired) electrons. The number of hydrazine groups is 1. The molecular formula is C14H22FN5O. The van der Waals surface area contributed by atoms with Crippen LogP contribution in [0.5, 0.6) is 0 Å². The average Bonchev–Trinajstić information content (AvgIpc) is 3.01. The molecule has 4 N–H and O–H groups in total. The summed E-state index contributed by atoms with van der Waals surface area (Å²) in [7, 11) is 2.06. The number of nitrogens with two attached hydrogens (primary N) is 1. The second-order valence-corrected chi connectivity index (χ2v) is 5.34. The van der Waals surface area contributed by atoms with Crippen molar-refractivity contribution in [1.29, 1.82) is 0 Å². The van der Waals surface area contributed by atoms with Gasteiger partial charge in [0, 0.05) is 25.3 Å². The van der Waals surface area contributed by atoms with Crippen molar-refractivity contribution in [2.45, 2.75) is 31.7 Å². The van der Waals surface area contributed by atoms with Crippen LogP contribution < -0.4 is 16.6 Å². The number of rotatable bonds is 6. The Labute approximate surface area is 123 Å². The Morgan fingerprint density at radius 2 is 2.24 bits per heavy atom. The van der Waals surface area contributed by atoms with Crippen LogP contribution in [0.4, 0.5) is 10.2 Å². The quantitative estimate of drug-likeness (QED) is 0.541. The molecule has 0 aromatic carbocycles. The van der Waals surface area contributed by atoms with E-state index < -0.39 is 11.7 Å². The topological polar surface area (TPSA) is 83.3 Å². The Bertz CT molecular complexity index is 490. The lowest BCUT2D eigenvalue weighted by atomic mass is 10.2. The van der Waals surface area contributed by atoms with Crippen molar-refractivity contribution < 1.29 is 9.18 Å². The van der Waals surface area contributed by atoms with Gasteiger partial charge in [0.05, 0.1) is 5.56 Å². The highest BCUT2D eigenvalue weighted by Crippen LogP contribution is 2.21. The van der Waals surface area contributed by atoms with E-state index >= 15 is 0 Å². The molecule has 0 saturated heterocycles. The summed E-state index contributed by atoms with van der Waals surface area (Å²) in [4.78, 5) is 17.9. The summed E-state index contributed by atoms with van der Waals surface area (Å²) in [6.07, 6.45) is 6.33. The predicted molar refractivity (Wildman–Crippen MR) is 79.2 cm³/mol. The highest BCUT2D eigenvalue weighted by atomic mass is 19.1. The van der Waals surface area contributed by atoms with Crippen molar-refractivity contribution >= 4 is 11.7 Å². The molecule has 1 amide bonds. The van der Waals surface area contributed by atoms with Crippen LogP contribution in [0, 0.1) is 5.82 Å². The van der Waals surface area contributed by atoms with E-state index in [4.69, 9.17) is 5.84 Å². The normalized spacial score (nSPS) is 15.4. The van der Waals surface area contributed by atoms with Crippen LogP contribution in [0.2, 0.25) is 0 Å². The van der Waals surface area contributed by atoms with E-state index in [9.17, 15) is 9.18 Å². The standard InChI is InChI=1S/C14H22FN5O/c1-20(10-4-2-3-5-10)9-8-18-14(21)11-6-7-17-13(19-16)12(11)15/h6-7,10H,2-5,8-9,16H2,1H3,(H,17,19)(H,18,21). The van der Waals surface area contributed by atoms with Gasteiger partial charge in [-0.15, -0.1) is 0 Å². The van der Waals surface area contributed by atoms with E-state index in [2.05, 4.69) is 27.7 Å². The van der Waals surface area contributed by atoms with Gasteiger partial charge in [0.2, 0.25) is 0 Å². The Morgan fingerprint density at radius 1 is 1.52 bits per heavy atom. The van der Waals surface area contributed by atoms with E-state index in [1.54, 1.807) is 0 Å². The maximum Gasteiger partial charge on any atom is 0.254 e. The first-order valence-corrected chi connectivity index (χ1v) is 7.23. The average molecular weight is 295 g/mol. The van der Waals surface area contributed by atoms with Crippen LogP contribution in [0.3, 0.4) is 0 Å². The van der Waals surface area contributed by atoms with Crippen LogP contribution in [-0.4, -0.2) is 42.0 Å². The number of pyridine rings is 1. The van der Waals surface area contributed by atoms with Crippen LogP contribution in [0.15, 0.2) is 12.3 Å². The number of carbonyl (C=O) groups is 1. The van der Waals surface area contributed by atoms with E-state index in [-0.39, 0.29) is 11.4 Å². The van der Waals surface area contributed by atoms with E-state index in [0.29, 0.717) is 12.6 Å². The summed E-state index contributed by atoms with van der Waals surface area (Å²) < 4.78 is 13.9. The van der Waals surface area contributed by atoms with Gasteiger partial charge in [-0.1, -0.05) is 12.8 Å². The molecule has 0 aliphatic heterocycles. The molecule has 1 aliphatic rings.